The highest BCUT2D eigenvalue weighted by atomic mass is 28.4. The van der Waals surface area contributed by atoms with Gasteiger partial charge in [0.05, 0.1) is 6.61 Å². The first-order chi connectivity index (χ1) is 13.7. The van der Waals surface area contributed by atoms with E-state index in [0.29, 0.717) is 0 Å². The third-order valence-electron chi connectivity index (χ3n) is 6.10. The van der Waals surface area contributed by atoms with Crippen LogP contribution in [0.3, 0.4) is 0 Å². The zero-order valence-electron chi connectivity index (χ0n) is 21.7. The van der Waals surface area contributed by atoms with Crippen LogP contribution in [-0.4, -0.2) is 47.3 Å². The summed E-state index contributed by atoms with van der Waals surface area (Å²) in [5, 5.41) is 2.30. The Morgan fingerprint density at radius 1 is 0.839 bits per heavy atom. The Hall–Kier alpha value is -1.36. The van der Waals surface area contributed by atoms with Crippen LogP contribution in [0.1, 0.15) is 68.2 Å². The third kappa shape index (κ3) is 10.2. The summed E-state index contributed by atoms with van der Waals surface area (Å²) in [5.74, 6) is -0.731. The summed E-state index contributed by atoms with van der Waals surface area (Å²) in [5.41, 5.74) is 0. The smallest absolute Gasteiger partial charge is 0.407 e. The first-order valence-electron chi connectivity index (χ1n) is 11.1. The fraction of sp³-hybridized carbons (Fsp3) is 0.864. The number of hydrogen-bond donors (Lipinski definition) is 1. The number of ether oxygens (including phenoxy) is 1. The first kappa shape index (κ1) is 29.6. The fourth-order valence-corrected chi connectivity index (χ4v) is 3.83. The van der Waals surface area contributed by atoms with Crippen molar-refractivity contribution in [1.82, 2.24) is 5.32 Å². The van der Waals surface area contributed by atoms with Crippen molar-refractivity contribution in [2.45, 2.75) is 111 Å². The molecule has 0 aromatic carbocycles. The van der Waals surface area contributed by atoms with Gasteiger partial charge in [0, 0.05) is 6.42 Å². The molecule has 182 valence electrons. The molecule has 0 bridgehead atoms. The maximum absolute atomic E-state index is 12.9. The quantitative estimate of drug-likeness (QED) is 0.436. The van der Waals surface area contributed by atoms with Gasteiger partial charge in [0.15, 0.2) is 0 Å². The number of carbonyl (C=O) groups is 3. The average molecular weight is 476 g/mol. The predicted octanol–water partition coefficient (Wildman–Crippen LogP) is 5.61. The van der Waals surface area contributed by atoms with Gasteiger partial charge in [0.2, 0.25) is 0 Å². The highest BCUT2D eigenvalue weighted by molar-refractivity contribution is 6.75. The Balaban J connectivity index is 5.30. The summed E-state index contributed by atoms with van der Waals surface area (Å²) in [6.07, 6.45) is -0.588. The van der Waals surface area contributed by atoms with Crippen molar-refractivity contribution in [2.75, 3.05) is 6.61 Å². The summed E-state index contributed by atoms with van der Waals surface area (Å²) >= 11 is 0. The molecule has 0 aromatic heterocycles. The van der Waals surface area contributed by atoms with E-state index >= 15 is 0 Å². The van der Waals surface area contributed by atoms with Gasteiger partial charge in [0.25, 0.3) is 22.6 Å². The molecule has 0 saturated heterocycles. The van der Waals surface area contributed by atoms with Crippen molar-refractivity contribution >= 4 is 34.7 Å². The van der Waals surface area contributed by atoms with E-state index in [2.05, 4.69) is 26.1 Å². The Labute approximate surface area is 191 Å². The molecule has 1 N–H and O–H groups in total. The van der Waals surface area contributed by atoms with Gasteiger partial charge in [0.1, 0.15) is 6.04 Å². The number of carbonyl (C=O) groups excluding carboxylic acids is 3. The number of amides is 1. The molecule has 0 radical (unpaired) electrons. The van der Waals surface area contributed by atoms with Gasteiger partial charge in [-0.2, -0.15) is 0 Å². The van der Waals surface area contributed by atoms with Gasteiger partial charge >= 0.3 is 12.1 Å². The van der Waals surface area contributed by atoms with Gasteiger partial charge in [-0.05, 0) is 48.6 Å². The van der Waals surface area contributed by atoms with Gasteiger partial charge in [-0.15, -0.1) is 0 Å². The Bertz CT molecular complexity index is 633. The number of alkyl carbamates (subject to hydrolysis) is 1. The summed E-state index contributed by atoms with van der Waals surface area (Å²) in [4.78, 5) is 37.6. The minimum Gasteiger partial charge on any atom is -0.519 e. The van der Waals surface area contributed by atoms with Crippen LogP contribution < -0.4 is 5.32 Å². The van der Waals surface area contributed by atoms with E-state index < -0.39 is 34.7 Å². The van der Waals surface area contributed by atoms with E-state index in [4.69, 9.17) is 13.6 Å². The summed E-state index contributed by atoms with van der Waals surface area (Å²) in [6.45, 7) is 24.3. The monoisotopic (exact) mass is 475 g/mol. The zero-order valence-corrected chi connectivity index (χ0v) is 23.7. The largest absolute Gasteiger partial charge is 0.519 e. The second-order valence-corrected chi connectivity index (χ2v) is 21.1. The van der Waals surface area contributed by atoms with Crippen LogP contribution in [0, 0.1) is 5.92 Å². The highest BCUT2D eigenvalue weighted by Gasteiger charge is 2.43. The second kappa shape index (κ2) is 11.0. The van der Waals surface area contributed by atoms with Gasteiger partial charge in [-0.25, -0.2) is 4.79 Å². The molecule has 0 fully saturated rings. The molecular weight excluding hydrogens is 430 g/mol. The van der Waals surface area contributed by atoms with E-state index in [9.17, 15) is 14.4 Å². The molecule has 31 heavy (non-hydrogen) atoms. The molecule has 0 heterocycles. The average Bonchev–Trinajstić information content (AvgIpc) is 2.53. The molecule has 1 amide bonds. The summed E-state index contributed by atoms with van der Waals surface area (Å²) in [6, 6.07) is -0.972. The maximum atomic E-state index is 12.9. The third-order valence-corrected chi connectivity index (χ3v) is 14.8. The SMILES string of the molecule is CC(C)COC(=O)NC(CCC(=O)O[Si](C)(C)C(C)(C)C)C(=O)O[Si](C)(C)C(C)(C)C. The van der Waals surface area contributed by atoms with E-state index in [1.54, 1.807) is 0 Å². The molecule has 9 heteroatoms. The van der Waals surface area contributed by atoms with Crippen molar-refractivity contribution in [1.29, 1.82) is 0 Å². The molecule has 0 aromatic rings. The fourth-order valence-electron chi connectivity index (χ4n) is 1.90. The zero-order chi connectivity index (χ0) is 24.8. The van der Waals surface area contributed by atoms with E-state index in [1.165, 1.54) is 0 Å². The number of hydrogen-bond acceptors (Lipinski definition) is 6. The van der Waals surface area contributed by atoms with Crippen molar-refractivity contribution < 1.29 is 28.0 Å². The molecule has 1 unspecified atom stereocenters. The van der Waals surface area contributed by atoms with Crippen molar-refractivity contribution in [2.24, 2.45) is 5.92 Å². The standard InChI is InChI=1S/C22H45NO6Si2/c1-16(2)15-27-20(26)23-17(19(25)29-31(11,12)22(6,7)8)13-14-18(24)28-30(9,10)21(3,4)5/h16-17H,13-15H2,1-12H3,(H,23,26). The van der Waals surface area contributed by atoms with Crippen molar-refractivity contribution in [3.8, 4) is 0 Å². The van der Waals surface area contributed by atoms with Crippen LogP contribution in [0.25, 0.3) is 0 Å². The Kier molecular flexibility index (Phi) is 10.5. The Morgan fingerprint density at radius 2 is 1.29 bits per heavy atom. The van der Waals surface area contributed by atoms with Gasteiger partial charge < -0.3 is 18.9 Å². The van der Waals surface area contributed by atoms with Crippen LogP contribution >= 0.6 is 0 Å². The molecular formula is C22H45NO6Si2. The van der Waals surface area contributed by atoms with Crippen LogP contribution in [0.2, 0.25) is 36.3 Å². The van der Waals surface area contributed by atoms with Crippen LogP contribution in [0.15, 0.2) is 0 Å². The van der Waals surface area contributed by atoms with E-state index in [-0.39, 0.29) is 41.4 Å². The number of nitrogens with one attached hydrogen (secondary N) is 1. The predicted molar refractivity (Wildman–Crippen MR) is 129 cm³/mol. The lowest BCUT2D eigenvalue weighted by Crippen LogP contribution is -2.50. The van der Waals surface area contributed by atoms with E-state index in [1.807, 2.05) is 60.8 Å². The van der Waals surface area contributed by atoms with Crippen molar-refractivity contribution in [3.05, 3.63) is 0 Å². The summed E-state index contributed by atoms with van der Waals surface area (Å²) < 4.78 is 16.8. The lowest BCUT2D eigenvalue weighted by molar-refractivity contribution is -0.139. The minimum atomic E-state index is -2.39. The molecule has 0 aliphatic rings. The highest BCUT2D eigenvalue weighted by Crippen LogP contribution is 2.38. The summed E-state index contributed by atoms with van der Waals surface area (Å²) in [7, 11) is -4.65. The molecule has 1 atom stereocenters. The maximum Gasteiger partial charge on any atom is 0.407 e. The molecule has 0 aliphatic heterocycles. The lowest BCUT2D eigenvalue weighted by Gasteiger charge is -2.37. The normalized spacial score (nSPS) is 14.1. The molecule has 0 rings (SSSR count). The topological polar surface area (TPSA) is 90.9 Å². The van der Waals surface area contributed by atoms with Gasteiger partial charge in [-0.1, -0.05) is 55.4 Å². The number of rotatable bonds is 9. The molecule has 7 nitrogen and oxygen atoms in total. The lowest BCUT2D eigenvalue weighted by atomic mass is 10.1. The van der Waals surface area contributed by atoms with Crippen LogP contribution in [0.5, 0.6) is 0 Å². The van der Waals surface area contributed by atoms with E-state index in [0.717, 1.165) is 0 Å². The van der Waals surface area contributed by atoms with Gasteiger partial charge in [-0.3, -0.25) is 9.59 Å². The molecule has 0 saturated carbocycles. The van der Waals surface area contributed by atoms with Crippen LogP contribution in [0.4, 0.5) is 4.79 Å². The van der Waals surface area contributed by atoms with Crippen LogP contribution in [-0.2, 0) is 23.2 Å². The first-order valence-corrected chi connectivity index (χ1v) is 16.9. The minimum absolute atomic E-state index is 0.00817. The Morgan fingerprint density at radius 3 is 1.71 bits per heavy atom. The van der Waals surface area contributed by atoms with Crippen molar-refractivity contribution in [3.63, 3.8) is 0 Å². The second-order valence-electron chi connectivity index (χ2n) is 11.6. The molecule has 0 spiro atoms. The molecule has 0 aliphatic carbocycles.